The van der Waals surface area contributed by atoms with Crippen LogP contribution in [0.5, 0.6) is 0 Å². The summed E-state index contributed by atoms with van der Waals surface area (Å²) in [6.45, 7) is 1.91. The van der Waals surface area contributed by atoms with Crippen molar-refractivity contribution in [3.63, 3.8) is 0 Å². The molecule has 0 saturated carbocycles. The number of carbonyl (C=O) groups is 1. The predicted octanol–water partition coefficient (Wildman–Crippen LogP) is 3.99. The van der Waals surface area contributed by atoms with Gasteiger partial charge in [-0.1, -0.05) is 54.6 Å². The summed E-state index contributed by atoms with van der Waals surface area (Å²) in [5, 5.41) is 13.3. The molecule has 0 radical (unpaired) electrons. The summed E-state index contributed by atoms with van der Waals surface area (Å²) in [5.41, 5.74) is 3.71. The lowest BCUT2D eigenvalue weighted by atomic mass is 9.96. The quantitative estimate of drug-likeness (QED) is 0.481. The second-order valence-corrected chi connectivity index (χ2v) is 12.1. The molecule has 1 amide bonds. The number of aliphatic hydroxyl groups is 1. The lowest BCUT2D eigenvalue weighted by Crippen LogP contribution is -2.57. The van der Waals surface area contributed by atoms with E-state index < -0.39 is 28.3 Å². The van der Waals surface area contributed by atoms with Crippen LogP contribution in [0, 0.1) is 6.92 Å². The fourth-order valence-corrected chi connectivity index (χ4v) is 7.10. The SMILES string of the molecule is Cc1cccc(S(=O)(=O)N2C[C@@H](O)COC[C@H]3O[C@H](CC(=O)Nc4ccc(-c5ccccc5)cc4)CC[C@@H]32)c1. The Labute approximate surface area is 229 Å². The van der Waals surface area contributed by atoms with Crippen LogP contribution in [-0.4, -0.2) is 67.8 Å². The maximum absolute atomic E-state index is 13.6. The number of hydrogen-bond acceptors (Lipinski definition) is 6. The van der Waals surface area contributed by atoms with Gasteiger partial charge in [0.15, 0.2) is 0 Å². The molecule has 4 atom stereocenters. The average Bonchev–Trinajstić information content (AvgIpc) is 2.92. The van der Waals surface area contributed by atoms with E-state index >= 15 is 0 Å². The first-order chi connectivity index (χ1) is 18.8. The second kappa shape index (κ2) is 12.0. The van der Waals surface area contributed by atoms with E-state index in [-0.39, 0.29) is 43.1 Å². The van der Waals surface area contributed by atoms with Crippen LogP contribution in [-0.2, 0) is 24.3 Å². The van der Waals surface area contributed by atoms with Crippen molar-refractivity contribution < 1.29 is 27.8 Å². The van der Waals surface area contributed by atoms with E-state index in [9.17, 15) is 18.3 Å². The fourth-order valence-electron chi connectivity index (χ4n) is 5.28. The second-order valence-electron chi connectivity index (χ2n) is 10.2. The van der Waals surface area contributed by atoms with Crippen LogP contribution < -0.4 is 5.32 Å². The minimum Gasteiger partial charge on any atom is -0.389 e. The zero-order valence-electron chi connectivity index (χ0n) is 21.9. The van der Waals surface area contributed by atoms with Gasteiger partial charge in [-0.2, -0.15) is 4.31 Å². The van der Waals surface area contributed by atoms with Crippen LogP contribution in [0.3, 0.4) is 0 Å². The molecule has 5 rings (SSSR count). The highest BCUT2D eigenvalue weighted by molar-refractivity contribution is 7.89. The molecule has 0 spiro atoms. The molecule has 0 bridgehead atoms. The molecule has 39 heavy (non-hydrogen) atoms. The van der Waals surface area contributed by atoms with E-state index in [2.05, 4.69) is 5.32 Å². The first-order valence-electron chi connectivity index (χ1n) is 13.2. The smallest absolute Gasteiger partial charge is 0.243 e. The number of aliphatic hydroxyl groups excluding tert-OH is 1. The number of carbonyl (C=O) groups excluding carboxylic acids is 1. The molecule has 2 aliphatic heterocycles. The van der Waals surface area contributed by atoms with Gasteiger partial charge in [0.05, 0.1) is 48.9 Å². The van der Waals surface area contributed by atoms with Crippen molar-refractivity contribution in [1.29, 1.82) is 0 Å². The maximum Gasteiger partial charge on any atom is 0.243 e. The minimum atomic E-state index is -3.87. The Balaban J connectivity index is 1.24. The molecule has 2 N–H and O–H groups in total. The Morgan fingerprint density at radius 3 is 2.46 bits per heavy atom. The third-order valence-corrected chi connectivity index (χ3v) is 9.11. The Morgan fingerprint density at radius 1 is 0.974 bits per heavy atom. The molecule has 0 unspecified atom stereocenters. The van der Waals surface area contributed by atoms with E-state index in [0.717, 1.165) is 16.7 Å². The van der Waals surface area contributed by atoms with Crippen molar-refractivity contribution >= 4 is 21.6 Å². The topological polar surface area (TPSA) is 105 Å². The molecule has 2 saturated heterocycles. The monoisotopic (exact) mass is 550 g/mol. The van der Waals surface area contributed by atoms with Gasteiger partial charge in [0.25, 0.3) is 0 Å². The lowest BCUT2D eigenvalue weighted by Gasteiger charge is -2.43. The van der Waals surface area contributed by atoms with Gasteiger partial charge in [-0.3, -0.25) is 4.79 Å². The van der Waals surface area contributed by atoms with Crippen LogP contribution >= 0.6 is 0 Å². The van der Waals surface area contributed by atoms with Gasteiger partial charge < -0.3 is 19.9 Å². The van der Waals surface area contributed by atoms with Gasteiger partial charge >= 0.3 is 0 Å². The lowest BCUT2D eigenvalue weighted by molar-refractivity contribution is -0.144. The van der Waals surface area contributed by atoms with E-state index in [4.69, 9.17) is 9.47 Å². The zero-order valence-corrected chi connectivity index (χ0v) is 22.7. The molecule has 2 fully saturated rings. The minimum absolute atomic E-state index is 0.0105. The molecule has 2 aliphatic rings. The molecule has 3 aromatic rings. The number of ether oxygens (including phenoxy) is 2. The van der Waals surface area contributed by atoms with Crippen molar-refractivity contribution in [3.8, 4) is 11.1 Å². The van der Waals surface area contributed by atoms with Gasteiger partial charge in [0.2, 0.25) is 15.9 Å². The highest BCUT2D eigenvalue weighted by atomic mass is 32.2. The zero-order chi connectivity index (χ0) is 27.4. The van der Waals surface area contributed by atoms with Crippen LogP contribution in [0.4, 0.5) is 5.69 Å². The number of benzene rings is 3. The predicted molar refractivity (Wildman–Crippen MR) is 149 cm³/mol. The molecule has 9 heteroatoms. The maximum atomic E-state index is 13.6. The van der Waals surface area contributed by atoms with Crippen LogP contribution in [0.25, 0.3) is 11.1 Å². The number of sulfonamides is 1. The van der Waals surface area contributed by atoms with Gasteiger partial charge in [-0.25, -0.2) is 8.42 Å². The van der Waals surface area contributed by atoms with E-state index in [1.54, 1.807) is 18.2 Å². The number of amides is 1. The number of nitrogens with one attached hydrogen (secondary N) is 1. The summed E-state index contributed by atoms with van der Waals surface area (Å²) in [6.07, 6.45) is -0.702. The Morgan fingerprint density at radius 2 is 1.72 bits per heavy atom. The van der Waals surface area contributed by atoms with Crippen molar-refractivity contribution in [2.24, 2.45) is 0 Å². The van der Waals surface area contributed by atoms with Gasteiger partial charge in [-0.05, 0) is 60.7 Å². The molecule has 0 aromatic heterocycles. The van der Waals surface area contributed by atoms with Crippen molar-refractivity contribution in [3.05, 3.63) is 84.4 Å². The average molecular weight is 551 g/mol. The Kier molecular flexibility index (Phi) is 8.44. The van der Waals surface area contributed by atoms with Crippen LogP contribution in [0.2, 0.25) is 0 Å². The van der Waals surface area contributed by atoms with Gasteiger partial charge in [0.1, 0.15) is 0 Å². The number of fused-ring (bicyclic) bond motifs is 1. The van der Waals surface area contributed by atoms with Crippen LogP contribution in [0.1, 0.15) is 24.8 Å². The third kappa shape index (κ3) is 6.57. The number of anilines is 1. The third-order valence-electron chi connectivity index (χ3n) is 7.22. The molecule has 8 nitrogen and oxygen atoms in total. The van der Waals surface area contributed by atoms with Crippen molar-refractivity contribution in [2.45, 2.75) is 55.4 Å². The van der Waals surface area contributed by atoms with Crippen molar-refractivity contribution in [1.82, 2.24) is 4.31 Å². The largest absolute Gasteiger partial charge is 0.389 e. The van der Waals surface area contributed by atoms with Gasteiger partial charge in [0, 0.05) is 12.2 Å². The summed E-state index contributed by atoms with van der Waals surface area (Å²) in [4.78, 5) is 13.0. The summed E-state index contributed by atoms with van der Waals surface area (Å²) in [6, 6.07) is 24.0. The number of rotatable bonds is 6. The summed E-state index contributed by atoms with van der Waals surface area (Å²) in [7, 11) is -3.87. The van der Waals surface area contributed by atoms with Gasteiger partial charge in [-0.15, -0.1) is 0 Å². The summed E-state index contributed by atoms with van der Waals surface area (Å²) in [5.74, 6) is -0.169. The normalized spacial score (nSPS) is 24.3. The first-order valence-corrected chi connectivity index (χ1v) is 14.7. The molecular weight excluding hydrogens is 516 g/mol. The first kappa shape index (κ1) is 27.5. The van der Waals surface area contributed by atoms with E-state index in [1.165, 1.54) is 4.31 Å². The summed E-state index contributed by atoms with van der Waals surface area (Å²) < 4.78 is 40.5. The highest BCUT2D eigenvalue weighted by Crippen LogP contribution is 2.32. The molecule has 3 aromatic carbocycles. The number of nitrogens with zero attached hydrogens (tertiary/aromatic N) is 1. The molecular formula is C30H34N2O6S. The Bertz CT molecular complexity index is 1380. The molecule has 206 valence electrons. The highest BCUT2D eigenvalue weighted by Gasteiger charge is 2.43. The van der Waals surface area contributed by atoms with Crippen molar-refractivity contribution in [2.75, 3.05) is 25.1 Å². The number of β-amino-alcohol motifs (C(OH)–C–C–N with tert-alkyl or cyclic N) is 1. The van der Waals surface area contributed by atoms with Crippen LogP contribution in [0.15, 0.2) is 83.8 Å². The van der Waals surface area contributed by atoms with E-state index in [0.29, 0.717) is 18.5 Å². The number of aryl methyl sites for hydroxylation is 1. The molecule has 0 aliphatic carbocycles. The number of hydrogen-bond donors (Lipinski definition) is 2. The Hall–Kier alpha value is -3.08. The summed E-state index contributed by atoms with van der Waals surface area (Å²) >= 11 is 0. The molecule has 2 heterocycles. The van der Waals surface area contributed by atoms with E-state index in [1.807, 2.05) is 67.6 Å². The fraction of sp³-hybridized carbons (Fsp3) is 0.367. The standard InChI is InChI=1S/C30H34N2O6S/c1-21-6-5-9-27(16-21)39(35,36)32-18-25(33)19-37-20-29-28(32)15-14-26(38-29)17-30(34)31-24-12-10-23(11-13-24)22-7-3-2-4-8-22/h2-13,16,25-26,28-29,33H,14-15,17-20H2,1H3,(H,31,34)/t25-,26+,28+,29-/m1/s1.